The van der Waals surface area contributed by atoms with Gasteiger partial charge in [-0.05, 0) is 24.3 Å². The third-order valence-corrected chi connectivity index (χ3v) is 2.25. The molecule has 0 atom stereocenters. The summed E-state index contributed by atoms with van der Waals surface area (Å²) in [6.45, 7) is 0. The monoisotopic (exact) mass is 230 g/mol. The van der Waals surface area contributed by atoms with E-state index in [1.54, 1.807) is 31.0 Å². The quantitative estimate of drug-likeness (QED) is 0.868. The number of rotatable bonds is 3. The number of nitrogens with one attached hydrogen (secondary N) is 1. The maximum Gasteiger partial charge on any atom is 0.272 e. The van der Waals surface area contributed by atoms with Crippen molar-refractivity contribution in [2.45, 2.75) is 0 Å². The van der Waals surface area contributed by atoms with Crippen LogP contribution in [-0.2, 0) is 0 Å². The van der Waals surface area contributed by atoms with Gasteiger partial charge in [-0.3, -0.25) is 19.9 Å². The number of carbonyl (C=O) groups excluding carboxylic acids is 1. The molecular formula is C12H14N4O. The first-order valence-electron chi connectivity index (χ1n) is 5.24. The number of hydrogen-bond donors (Lipinski definition) is 1. The average Bonchev–Trinajstić information content (AvgIpc) is 2.81. The van der Waals surface area contributed by atoms with Crippen molar-refractivity contribution in [3.05, 3.63) is 48.5 Å². The fourth-order valence-electron chi connectivity index (χ4n) is 1.40. The van der Waals surface area contributed by atoms with Crippen LogP contribution in [0.5, 0.6) is 0 Å². The van der Waals surface area contributed by atoms with Crippen molar-refractivity contribution in [2.75, 3.05) is 19.5 Å². The lowest BCUT2D eigenvalue weighted by atomic mass is 10.3. The Labute approximate surface area is 99.7 Å². The van der Waals surface area contributed by atoms with E-state index in [0.717, 1.165) is 5.69 Å². The predicted molar refractivity (Wildman–Crippen MR) is 65.7 cm³/mol. The summed E-state index contributed by atoms with van der Waals surface area (Å²) >= 11 is 0. The van der Waals surface area contributed by atoms with E-state index >= 15 is 0 Å². The minimum atomic E-state index is -0.110. The summed E-state index contributed by atoms with van der Waals surface area (Å²) in [5.41, 5.74) is 4.37. The molecule has 0 aliphatic carbocycles. The number of carbonyl (C=O) groups is 1. The van der Waals surface area contributed by atoms with Gasteiger partial charge in [-0.2, -0.15) is 0 Å². The molecule has 1 N–H and O–H groups in total. The number of amides is 1. The summed E-state index contributed by atoms with van der Waals surface area (Å²) in [4.78, 5) is 17.3. The number of aromatic nitrogens is 2. The van der Waals surface area contributed by atoms with E-state index in [9.17, 15) is 4.79 Å². The van der Waals surface area contributed by atoms with Crippen LogP contribution in [0.15, 0.2) is 42.9 Å². The molecule has 0 spiro atoms. The van der Waals surface area contributed by atoms with E-state index < -0.39 is 0 Å². The summed E-state index contributed by atoms with van der Waals surface area (Å²) in [6, 6.07) is 7.37. The van der Waals surface area contributed by atoms with Gasteiger partial charge in [0, 0.05) is 32.7 Å². The smallest absolute Gasteiger partial charge is 0.272 e. The summed E-state index contributed by atoms with van der Waals surface area (Å²) < 4.78 is 1.80. The zero-order chi connectivity index (χ0) is 12.3. The van der Waals surface area contributed by atoms with Crippen LogP contribution in [0.25, 0.3) is 0 Å². The Morgan fingerprint density at radius 2 is 2.06 bits per heavy atom. The second-order valence-corrected chi connectivity index (χ2v) is 3.83. The van der Waals surface area contributed by atoms with E-state index in [1.165, 1.54) is 4.90 Å². The van der Waals surface area contributed by atoms with Crippen molar-refractivity contribution >= 4 is 11.6 Å². The van der Waals surface area contributed by atoms with Crippen LogP contribution < -0.4 is 5.43 Å². The van der Waals surface area contributed by atoms with Crippen LogP contribution in [0.1, 0.15) is 10.5 Å². The van der Waals surface area contributed by atoms with Gasteiger partial charge in [0.15, 0.2) is 0 Å². The van der Waals surface area contributed by atoms with Gasteiger partial charge in [-0.25, -0.2) is 0 Å². The van der Waals surface area contributed by atoms with Crippen molar-refractivity contribution < 1.29 is 4.79 Å². The lowest BCUT2D eigenvalue weighted by Crippen LogP contribution is -2.22. The minimum Gasteiger partial charge on any atom is -0.343 e. The molecule has 0 aliphatic rings. The number of nitrogens with zero attached hydrogens (tertiary/aromatic N) is 3. The van der Waals surface area contributed by atoms with Crippen LogP contribution in [0.2, 0.25) is 0 Å². The van der Waals surface area contributed by atoms with E-state index in [-0.39, 0.29) is 5.91 Å². The van der Waals surface area contributed by atoms with E-state index in [1.807, 2.05) is 30.6 Å². The molecule has 2 aromatic heterocycles. The predicted octanol–water partition coefficient (Wildman–Crippen LogP) is 1.46. The van der Waals surface area contributed by atoms with E-state index in [0.29, 0.717) is 5.69 Å². The standard InChI is InChI=1S/C12H14N4O/c1-15(2)12(17)11-9-10(5-6-13-11)14-16-7-3-4-8-16/h3-9H,1-2H3,(H,13,14). The van der Waals surface area contributed by atoms with Gasteiger partial charge in [-0.15, -0.1) is 0 Å². The fraction of sp³-hybridized carbons (Fsp3) is 0.167. The Hall–Kier alpha value is -2.30. The molecule has 17 heavy (non-hydrogen) atoms. The topological polar surface area (TPSA) is 50.2 Å². The van der Waals surface area contributed by atoms with Gasteiger partial charge in [0.25, 0.3) is 5.91 Å². The first-order chi connectivity index (χ1) is 8.16. The first-order valence-corrected chi connectivity index (χ1v) is 5.24. The van der Waals surface area contributed by atoms with Crippen molar-refractivity contribution in [1.29, 1.82) is 0 Å². The second kappa shape index (κ2) is 4.69. The maximum atomic E-state index is 11.7. The van der Waals surface area contributed by atoms with E-state index in [2.05, 4.69) is 10.4 Å². The summed E-state index contributed by atoms with van der Waals surface area (Å²) in [5.74, 6) is -0.110. The second-order valence-electron chi connectivity index (χ2n) is 3.83. The molecule has 0 aromatic carbocycles. The molecular weight excluding hydrogens is 216 g/mol. The number of pyridine rings is 1. The van der Waals surface area contributed by atoms with Crippen LogP contribution >= 0.6 is 0 Å². The largest absolute Gasteiger partial charge is 0.343 e. The highest BCUT2D eigenvalue weighted by atomic mass is 16.2. The fourth-order valence-corrected chi connectivity index (χ4v) is 1.40. The molecule has 2 aromatic rings. The first kappa shape index (κ1) is 11.2. The molecule has 0 aliphatic heterocycles. The van der Waals surface area contributed by atoms with Gasteiger partial charge in [-0.1, -0.05) is 0 Å². The molecule has 5 heteroatoms. The molecule has 0 saturated heterocycles. The zero-order valence-electron chi connectivity index (χ0n) is 9.79. The Bertz CT molecular complexity index is 505. The van der Waals surface area contributed by atoms with Crippen LogP contribution in [0.4, 0.5) is 5.69 Å². The van der Waals surface area contributed by atoms with Gasteiger partial charge in [0.05, 0.1) is 5.69 Å². The third-order valence-electron chi connectivity index (χ3n) is 2.25. The SMILES string of the molecule is CN(C)C(=O)c1cc(Nn2cccc2)ccn1. The van der Waals surface area contributed by atoms with E-state index in [4.69, 9.17) is 0 Å². The van der Waals surface area contributed by atoms with Gasteiger partial charge in [0.1, 0.15) is 5.69 Å². The molecule has 2 rings (SSSR count). The number of anilines is 1. The molecule has 0 bridgehead atoms. The molecule has 1 amide bonds. The Morgan fingerprint density at radius 3 is 2.71 bits per heavy atom. The minimum absolute atomic E-state index is 0.110. The normalized spacial score (nSPS) is 10.0. The molecule has 0 unspecified atom stereocenters. The third kappa shape index (κ3) is 2.63. The Kier molecular flexibility index (Phi) is 3.09. The lowest BCUT2D eigenvalue weighted by Gasteiger charge is -2.11. The molecule has 88 valence electrons. The van der Waals surface area contributed by atoms with Crippen LogP contribution in [0, 0.1) is 0 Å². The van der Waals surface area contributed by atoms with Gasteiger partial charge >= 0.3 is 0 Å². The van der Waals surface area contributed by atoms with Crippen molar-refractivity contribution in [2.24, 2.45) is 0 Å². The number of hydrogen-bond acceptors (Lipinski definition) is 3. The Balaban J connectivity index is 2.20. The summed E-state index contributed by atoms with van der Waals surface area (Å²) in [5, 5.41) is 0. The van der Waals surface area contributed by atoms with Crippen LogP contribution in [0.3, 0.4) is 0 Å². The molecule has 5 nitrogen and oxygen atoms in total. The highest BCUT2D eigenvalue weighted by molar-refractivity contribution is 5.92. The Morgan fingerprint density at radius 1 is 1.35 bits per heavy atom. The zero-order valence-corrected chi connectivity index (χ0v) is 9.79. The molecule has 0 radical (unpaired) electrons. The average molecular weight is 230 g/mol. The summed E-state index contributed by atoms with van der Waals surface area (Å²) in [7, 11) is 3.41. The highest BCUT2D eigenvalue weighted by Gasteiger charge is 2.09. The molecule has 0 saturated carbocycles. The van der Waals surface area contributed by atoms with Gasteiger partial charge < -0.3 is 4.90 Å². The van der Waals surface area contributed by atoms with Crippen molar-refractivity contribution in [3.63, 3.8) is 0 Å². The maximum absolute atomic E-state index is 11.7. The van der Waals surface area contributed by atoms with Gasteiger partial charge in [0.2, 0.25) is 0 Å². The lowest BCUT2D eigenvalue weighted by molar-refractivity contribution is 0.0822. The molecule has 2 heterocycles. The van der Waals surface area contributed by atoms with Crippen LogP contribution in [-0.4, -0.2) is 34.6 Å². The van der Waals surface area contributed by atoms with Crippen molar-refractivity contribution in [1.82, 2.24) is 14.6 Å². The van der Waals surface area contributed by atoms with Crippen molar-refractivity contribution in [3.8, 4) is 0 Å². The summed E-state index contributed by atoms with van der Waals surface area (Å²) in [6.07, 6.45) is 5.38. The molecule has 0 fully saturated rings. The highest BCUT2D eigenvalue weighted by Crippen LogP contribution is 2.09.